The Balaban J connectivity index is 1.88. The highest BCUT2D eigenvalue weighted by molar-refractivity contribution is 14.1. The van der Waals surface area contributed by atoms with Crippen molar-refractivity contribution in [3.8, 4) is 5.75 Å². The van der Waals surface area contributed by atoms with Gasteiger partial charge in [-0.2, -0.15) is 0 Å². The molecule has 20 heavy (non-hydrogen) atoms. The maximum atomic E-state index is 11.8. The summed E-state index contributed by atoms with van der Waals surface area (Å²) in [7, 11) is 0. The standard InChI is InChI=1S/C15H13ClINO2/c1-10-8-13(6-7-14(10)16)20-9-15(19)18-12-4-2-11(17)3-5-12/h2-8H,9H2,1H3,(H,18,19). The zero-order valence-corrected chi connectivity index (χ0v) is 13.7. The normalized spacial score (nSPS) is 10.2. The number of aryl methyl sites for hydroxylation is 1. The van der Waals surface area contributed by atoms with Gasteiger partial charge in [0, 0.05) is 14.3 Å². The minimum Gasteiger partial charge on any atom is -0.484 e. The summed E-state index contributed by atoms with van der Waals surface area (Å²) in [6.45, 7) is 1.86. The second-order valence-corrected chi connectivity index (χ2v) is 5.91. The van der Waals surface area contributed by atoms with Crippen LogP contribution in [0.4, 0.5) is 5.69 Å². The van der Waals surface area contributed by atoms with E-state index in [-0.39, 0.29) is 12.5 Å². The average Bonchev–Trinajstić information content (AvgIpc) is 2.43. The number of anilines is 1. The van der Waals surface area contributed by atoms with E-state index >= 15 is 0 Å². The van der Waals surface area contributed by atoms with Crippen molar-refractivity contribution in [3.05, 3.63) is 56.6 Å². The van der Waals surface area contributed by atoms with Crippen LogP contribution in [0.5, 0.6) is 5.75 Å². The molecule has 2 rings (SSSR count). The third-order valence-corrected chi connectivity index (χ3v) is 3.77. The summed E-state index contributed by atoms with van der Waals surface area (Å²) >= 11 is 8.14. The highest BCUT2D eigenvalue weighted by Crippen LogP contribution is 2.21. The molecule has 0 saturated heterocycles. The van der Waals surface area contributed by atoms with Gasteiger partial charge in [0.15, 0.2) is 6.61 Å². The van der Waals surface area contributed by atoms with E-state index < -0.39 is 0 Å². The van der Waals surface area contributed by atoms with Gasteiger partial charge in [0.2, 0.25) is 0 Å². The first-order valence-corrected chi connectivity index (χ1v) is 7.44. The molecule has 0 unspecified atom stereocenters. The van der Waals surface area contributed by atoms with Crippen LogP contribution in [0.3, 0.4) is 0 Å². The second-order valence-electron chi connectivity index (χ2n) is 4.25. The number of halogens is 2. The molecule has 3 nitrogen and oxygen atoms in total. The third kappa shape index (κ3) is 4.38. The van der Waals surface area contributed by atoms with Gasteiger partial charge in [0.05, 0.1) is 0 Å². The smallest absolute Gasteiger partial charge is 0.262 e. The number of ether oxygens (including phenoxy) is 1. The van der Waals surface area contributed by atoms with Crippen LogP contribution in [0, 0.1) is 10.5 Å². The number of hydrogen-bond donors (Lipinski definition) is 1. The van der Waals surface area contributed by atoms with Crippen LogP contribution in [0.1, 0.15) is 5.56 Å². The first-order chi connectivity index (χ1) is 9.54. The van der Waals surface area contributed by atoms with Crippen LogP contribution in [0.15, 0.2) is 42.5 Å². The van der Waals surface area contributed by atoms with Crippen molar-refractivity contribution in [3.63, 3.8) is 0 Å². The minimum absolute atomic E-state index is 0.0347. The maximum Gasteiger partial charge on any atom is 0.262 e. The molecule has 0 spiro atoms. The van der Waals surface area contributed by atoms with Crippen molar-refractivity contribution >= 4 is 45.8 Å². The van der Waals surface area contributed by atoms with Crippen LogP contribution in [0.25, 0.3) is 0 Å². The van der Waals surface area contributed by atoms with Gasteiger partial charge in [0.1, 0.15) is 5.75 Å². The monoisotopic (exact) mass is 401 g/mol. The van der Waals surface area contributed by atoms with Crippen molar-refractivity contribution < 1.29 is 9.53 Å². The molecule has 0 fully saturated rings. The molecule has 0 heterocycles. The quantitative estimate of drug-likeness (QED) is 0.777. The van der Waals surface area contributed by atoms with Gasteiger partial charge < -0.3 is 10.1 Å². The van der Waals surface area contributed by atoms with Gasteiger partial charge in [-0.25, -0.2) is 0 Å². The Bertz CT molecular complexity index is 614. The van der Waals surface area contributed by atoms with E-state index in [9.17, 15) is 4.79 Å². The maximum absolute atomic E-state index is 11.8. The first kappa shape index (κ1) is 15.1. The molecule has 0 radical (unpaired) electrons. The van der Waals surface area contributed by atoms with E-state index in [4.69, 9.17) is 16.3 Å². The molecule has 2 aromatic carbocycles. The molecule has 0 aliphatic rings. The predicted molar refractivity (Wildman–Crippen MR) is 89.5 cm³/mol. The molecule has 0 aliphatic heterocycles. The Morgan fingerprint density at radius 1 is 1.25 bits per heavy atom. The SMILES string of the molecule is Cc1cc(OCC(=O)Nc2ccc(I)cc2)ccc1Cl. The summed E-state index contributed by atoms with van der Waals surface area (Å²) in [5.41, 5.74) is 1.67. The van der Waals surface area contributed by atoms with Gasteiger partial charge in [-0.15, -0.1) is 0 Å². The Morgan fingerprint density at radius 3 is 2.60 bits per heavy atom. The summed E-state index contributed by atoms with van der Waals surface area (Å²) in [5, 5.41) is 3.45. The lowest BCUT2D eigenvalue weighted by Crippen LogP contribution is -2.20. The van der Waals surface area contributed by atoms with Crippen molar-refractivity contribution in [2.24, 2.45) is 0 Å². The minimum atomic E-state index is -0.196. The van der Waals surface area contributed by atoms with Crippen molar-refractivity contribution in [2.75, 3.05) is 11.9 Å². The fourth-order valence-electron chi connectivity index (χ4n) is 1.59. The van der Waals surface area contributed by atoms with Crippen molar-refractivity contribution in [1.82, 2.24) is 0 Å². The van der Waals surface area contributed by atoms with E-state index in [0.717, 1.165) is 14.8 Å². The van der Waals surface area contributed by atoms with E-state index in [1.807, 2.05) is 31.2 Å². The third-order valence-electron chi connectivity index (χ3n) is 2.63. The topological polar surface area (TPSA) is 38.3 Å². The number of benzene rings is 2. The number of rotatable bonds is 4. The van der Waals surface area contributed by atoms with Crippen LogP contribution >= 0.6 is 34.2 Å². The summed E-state index contributed by atoms with van der Waals surface area (Å²) in [4.78, 5) is 11.8. The molecule has 1 N–H and O–H groups in total. The number of carbonyl (C=O) groups excluding carboxylic acids is 1. The van der Waals surface area contributed by atoms with Crippen LogP contribution in [0.2, 0.25) is 5.02 Å². The molecule has 0 atom stereocenters. The van der Waals surface area contributed by atoms with Gasteiger partial charge in [-0.1, -0.05) is 11.6 Å². The highest BCUT2D eigenvalue weighted by atomic mass is 127. The largest absolute Gasteiger partial charge is 0.484 e. The predicted octanol–water partition coefficient (Wildman–Crippen LogP) is 4.27. The fraction of sp³-hybridized carbons (Fsp3) is 0.133. The van der Waals surface area contributed by atoms with Gasteiger partial charge in [-0.05, 0) is 77.5 Å². The number of amides is 1. The summed E-state index contributed by atoms with van der Waals surface area (Å²) in [6, 6.07) is 12.9. The second kappa shape index (κ2) is 6.95. The lowest BCUT2D eigenvalue weighted by atomic mass is 10.2. The fourth-order valence-corrected chi connectivity index (χ4v) is 2.06. The summed E-state index contributed by atoms with van der Waals surface area (Å²) in [6.07, 6.45) is 0. The Hall–Kier alpha value is -1.27. The molecule has 104 valence electrons. The zero-order valence-electron chi connectivity index (χ0n) is 10.8. The molecular formula is C15H13ClINO2. The lowest BCUT2D eigenvalue weighted by molar-refractivity contribution is -0.118. The van der Waals surface area contributed by atoms with E-state index in [2.05, 4.69) is 27.9 Å². The Labute approximate surface area is 136 Å². The highest BCUT2D eigenvalue weighted by Gasteiger charge is 2.05. The Morgan fingerprint density at radius 2 is 1.95 bits per heavy atom. The first-order valence-electron chi connectivity index (χ1n) is 5.99. The molecule has 1 amide bonds. The molecule has 2 aromatic rings. The molecule has 0 bridgehead atoms. The van der Waals surface area contributed by atoms with Crippen molar-refractivity contribution in [1.29, 1.82) is 0 Å². The lowest BCUT2D eigenvalue weighted by Gasteiger charge is -2.08. The number of nitrogens with one attached hydrogen (secondary N) is 1. The van der Waals surface area contributed by atoms with Crippen LogP contribution in [-0.4, -0.2) is 12.5 Å². The summed E-state index contributed by atoms with van der Waals surface area (Å²) in [5.74, 6) is 0.434. The molecule has 0 aromatic heterocycles. The molecular weight excluding hydrogens is 389 g/mol. The van der Waals surface area contributed by atoms with Crippen LogP contribution in [-0.2, 0) is 4.79 Å². The van der Waals surface area contributed by atoms with E-state index in [1.165, 1.54) is 0 Å². The molecule has 0 saturated carbocycles. The number of hydrogen-bond acceptors (Lipinski definition) is 2. The summed E-state index contributed by atoms with van der Waals surface area (Å²) < 4.78 is 6.55. The number of carbonyl (C=O) groups is 1. The van der Waals surface area contributed by atoms with Crippen LogP contribution < -0.4 is 10.1 Å². The van der Waals surface area contributed by atoms with E-state index in [0.29, 0.717) is 10.8 Å². The Kier molecular flexibility index (Phi) is 5.25. The van der Waals surface area contributed by atoms with Gasteiger partial charge in [0.25, 0.3) is 5.91 Å². The van der Waals surface area contributed by atoms with E-state index in [1.54, 1.807) is 18.2 Å². The van der Waals surface area contributed by atoms with Gasteiger partial charge in [-0.3, -0.25) is 4.79 Å². The van der Waals surface area contributed by atoms with Crippen molar-refractivity contribution in [2.45, 2.75) is 6.92 Å². The van der Waals surface area contributed by atoms with Gasteiger partial charge >= 0.3 is 0 Å². The molecule has 5 heteroatoms. The molecule has 0 aliphatic carbocycles. The average molecular weight is 402 g/mol. The zero-order chi connectivity index (χ0) is 14.5.